The third-order valence-corrected chi connectivity index (χ3v) is 3.77. The highest BCUT2D eigenvalue weighted by atomic mass is 79.9. The molecule has 94 valence electrons. The van der Waals surface area contributed by atoms with Gasteiger partial charge in [-0.3, -0.25) is 0 Å². The number of anilines is 1. The summed E-state index contributed by atoms with van der Waals surface area (Å²) in [7, 11) is 0. The minimum absolute atomic E-state index is 0.804. The van der Waals surface area contributed by atoms with Gasteiger partial charge in [0.1, 0.15) is 11.6 Å². The SMILES string of the molecule is Cc1cc(N2CCCC(CCBr)C2)nc(C)n1. The van der Waals surface area contributed by atoms with Gasteiger partial charge in [-0.15, -0.1) is 0 Å². The molecule has 0 saturated carbocycles. The van der Waals surface area contributed by atoms with Crippen LogP contribution in [0, 0.1) is 19.8 Å². The van der Waals surface area contributed by atoms with E-state index in [1.165, 1.54) is 19.3 Å². The summed E-state index contributed by atoms with van der Waals surface area (Å²) in [6, 6.07) is 2.10. The van der Waals surface area contributed by atoms with Gasteiger partial charge in [-0.05, 0) is 39.0 Å². The van der Waals surface area contributed by atoms with Crippen molar-refractivity contribution in [1.82, 2.24) is 9.97 Å². The maximum atomic E-state index is 4.56. The van der Waals surface area contributed by atoms with Gasteiger partial charge in [0.2, 0.25) is 0 Å². The molecule has 0 aromatic carbocycles. The van der Waals surface area contributed by atoms with Crippen LogP contribution in [0.4, 0.5) is 5.82 Å². The molecule has 4 heteroatoms. The van der Waals surface area contributed by atoms with E-state index < -0.39 is 0 Å². The maximum absolute atomic E-state index is 4.56. The van der Waals surface area contributed by atoms with Crippen LogP contribution in [-0.4, -0.2) is 28.4 Å². The predicted octanol–water partition coefficient (Wildman–Crippen LogP) is 3.09. The zero-order valence-corrected chi connectivity index (χ0v) is 12.2. The fourth-order valence-electron chi connectivity index (χ4n) is 2.52. The van der Waals surface area contributed by atoms with E-state index in [0.717, 1.165) is 41.7 Å². The number of hydrogen-bond donors (Lipinski definition) is 0. The first-order valence-electron chi connectivity index (χ1n) is 6.32. The molecule has 0 bridgehead atoms. The van der Waals surface area contributed by atoms with E-state index in [1.807, 2.05) is 13.8 Å². The largest absolute Gasteiger partial charge is 0.356 e. The second-order valence-electron chi connectivity index (χ2n) is 4.85. The molecule has 0 N–H and O–H groups in total. The monoisotopic (exact) mass is 297 g/mol. The minimum atomic E-state index is 0.804. The van der Waals surface area contributed by atoms with Crippen molar-refractivity contribution in [2.24, 2.45) is 5.92 Å². The fourth-order valence-corrected chi connectivity index (χ4v) is 3.17. The van der Waals surface area contributed by atoms with Gasteiger partial charge in [0, 0.05) is 30.2 Å². The highest BCUT2D eigenvalue weighted by molar-refractivity contribution is 9.09. The molecule has 1 aliphatic rings. The molecule has 1 fully saturated rings. The van der Waals surface area contributed by atoms with Gasteiger partial charge in [0.25, 0.3) is 0 Å². The first-order valence-corrected chi connectivity index (χ1v) is 7.44. The van der Waals surface area contributed by atoms with E-state index in [-0.39, 0.29) is 0 Å². The first-order chi connectivity index (χ1) is 8.19. The standard InChI is InChI=1S/C13H20BrN3/c1-10-8-13(16-11(2)15-10)17-7-3-4-12(9-17)5-6-14/h8,12H,3-7,9H2,1-2H3. The van der Waals surface area contributed by atoms with Crippen LogP contribution >= 0.6 is 15.9 Å². The van der Waals surface area contributed by atoms with Crippen molar-refractivity contribution in [2.45, 2.75) is 33.1 Å². The molecule has 1 aliphatic heterocycles. The number of halogens is 1. The number of nitrogens with zero attached hydrogens (tertiary/aromatic N) is 3. The Morgan fingerprint density at radius 2 is 2.24 bits per heavy atom. The second kappa shape index (κ2) is 5.80. The van der Waals surface area contributed by atoms with E-state index in [1.54, 1.807) is 0 Å². The van der Waals surface area contributed by atoms with Gasteiger partial charge in [0.05, 0.1) is 0 Å². The smallest absolute Gasteiger partial charge is 0.132 e. The lowest BCUT2D eigenvalue weighted by atomic mass is 9.96. The summed E-state index contributed by atoms with van der Waals surface area (Å²) >= 11 is 3.54. The highest BCUT2D eigenvalue weighted by Gasteiger charge is 2.20. The molecule has 2 heterocycles. The van der Waals surface area contributed by atoms with Gasteiger partial charge in [-0.2, -0.15) is 0 Å². The van der Waals surface area contributed by atoms with Gasteiger partial charge >= 0.3 is 0 Å². The number of piperidine rings is 1. The van der Waals surface area contributed by atoms with E-state index in [9.17, 15) is 0 Å². The van der Waals surface area contributed by atoms with Gasteiger partial charge in [0.15, 0.2) is 0 Å². The van der Waals surface area contributed by atoms with Crippen LogP contribution in [0.5, 0.6) is 0 Å². The van der Waals surface area contributed by atoms with Crippen LogP contribution < -0.4 is 4.90 Å². The average molecular weight is 298 g/mol. The molecule has 2 rings (SSSR count). The molecular weight excluding hydrogens is 278 g/mol. The number of rotatable bonds is 3. The maximum Gasteiger partial charge on any atom is 0.132 e. The van der Waals surface area contributed by atoms with E-state index in [2.05, 4.69) is 36.9 Å². The van der Waals surface area contributed by atoms with Crippen LogP contribution in [0.2, 0.25) is 0 Å². The van der Waals surface area contributed by atoms with E-state index in [0.29, 0.717) is 0 Å². The zero-order chi connectivity index (χ0) is 12.3. The molecule has 3 nitrogen and oxygen atoms in total. The lowest BCUT2D eigenvalue weighted by Crippen LogP contribution is -2.36. The lowest BCUT2D eigenvalue weighted by Gasteiger charge is -2.33. The fraction of sp³-hybridized carbons (Fsp3) is 0.692. The molecule has 1 saturated heterocycles. The van der Waals surface area contributed by atoms with Crippen LogP contribution in [0.3, 0.4) is 0 Å². The Labute approximate surface area is 112 Å². The van der Waals surface area contributed by atoms with Crippen molar-refractivity contribution in [2.75, 3.05) is 23.3 Å². The lowest BCUT2D eigenvalue weighted by molar-refractivity contribution is 0.406. The molecule has 0 radical (unpaired) electrons. The van der Waals surface area contributed by atoms with Crippen LogP contribution in [0.15, 0.2) is 6.07 Å². The Kier molecular flexibility index (Phi) is 4.37. The van der Waals surface area contributed by atoms with Crippen LogP contribution in [0.25, 0.3) is 0 Å². The summed E-state index contributed by atoms with van der Waals surface area (Å²) in [5.74, 6) is 2.79. The predicted molar refractivity (Wildman–Crippen MR) is 74.9 cm³/mol. The van der Waals surface area contributed by atoms with E-state index >= 15 is 0 Å². The third kappa shape index (κ3) is 3.41. The Hall–Kier alpha value is -0.640. The topological polar surface area (TPSA) is 29.0 Å². The van der Waals surface area contributed by atoms with Crippen molar-refractivity contribution in [3.05, 3.63) is 17.6 Å². The minimum Gasteiger partial charge on any atom is -0.356 e. The highest BCUT2D eigenvalue weighted by Crippen LogP contribution is 2.24. The Bertz CT molecular complexity index is 359. The Morgan fingerprint density at radius 1 is 1.41 bits per heavy atom. The molecule has 1 aromatic heterocycles. The number of hydrogen-bond acceptors (Lipinski definition) is 3. The zero-order valence-electron chi connectivity index (χ0n) is 10.6. The number of aromatic nitrogens is 2. The molecular formula is C13H20BrN3. The van der Waals surface area contributed by atoms with Crippen molar-refractivity contribution < 1.29 is 0 Å². The normalized spacial score (nSPS) is 20.6. The Morgan fingerprint density at radius 3 is 2.94 bits per heavy atom. The molecule has 0 amide bonds. The van der Waals surface area contributed by atoms with Crippen LogP contribution in [0.1, 0.15) is 30.8 Å². The average Bonchev–Trinajstić information content (AvgIpc) is 2.28. The first kappa shape index (κ1) is 12.8. The summed E-state index contributed by atoms with van der Waals surface area (Å²) in [6.45, 7) is 6.28. The molecule has 1 atom stereocenters. The third-order valence-electron chi connectivity index (χ3n) is 3.31. The van der Waals surface area contributed by atoms with Crippen molar-refractivity contribution in [3.8, 4) is 0 Å². The second-order valence-corrected chi connectivity index (χ2v) is 5.64. The van der Waals surface area contributed by atoms with Crippen molar-refractivity contribution in [3.63, 3.8) is 0 Å². The van der Waals surface area contributed by atoms with Crippen molar-refractivity contribution >= 4 is 21.7 Å². The summed E-state index contributed by atoms with van der Waals surface area (Å²) in [4.78, 5) is 11.3. The molecule has 17 heavy (non-hydrogen) atoms. The number of aryl methyl sites for hydroxylation is 2. The van der Waals surface area contributed by atoms with E-state index in [4.69, 9.17) is 0 Å². The molecule has 0 aliphatic carbocycles. The van der Waals surface area contributed by atoms with Crippen LogP contribution in [-0.2, 0) is 0 Å². The summed E-state index contributed by atoms with van der Waals surface area (Å²) in [5, 5.41) is 1.10. The van der Waals surface area contributed by atoms with Gasteiger partial charge in [-0.1, -0.05) is 15.9 Å². The summed E-state index contributed by atoms with van der Waals surface area (Å²) < 4.78 is 0. The quantitative estimate of drug-likeness (QED) is 0.803. The summed E-state index contributed by atoms with van der Waals surface area (Å²) in [5.41, 5.74) is 1.06. The Balaban J connectivity index is 2.10. The summed E-state index contributed by atoms with van der Waals surface area (Å²) in [6.07, 6.45) is 3.89. The molecule has 1 unspecified atom stereocenters. The molecule has 1 aromatic rings. The van der Waals surface area contributed by atoms with Gasteiger partial charge < -0.3 is 4.90 Å². The number of alkyl halides is 1. The van der Waals surface area contributed by atoms with Gasteiger partial charge in [-0.25, -0.2) is 9.97 Å². The molecule has 0 spiro atoms. The van der Waals surface area contributed by atoms with Crippen molar-refractivity contribution in [1.29, 1.82) is 0 Å².